The second-order valence-electron chi connectivity index (χ2n) is 8.73. The van der Waals surface area contributed by atoms with E-state index in [0.717, 1.165) is 49.3 Å². The number of piperidine rings is 1. The number of hydrogen-bond acceptors (Lipinski definition) is 7. The lowest BCUT2D eigenvalue weighted by molar-refractivity contribution is -0.123. The molecule has 2 heterocycles. The number of nitrogens with zero attached hydrogens (tertiary/aromatic N) is 5. The van der Waals surface area contributed by atoms with Gasteiger partial charge in [0.05, 0.1) is 20.3 Å². The van der Waals surface area contributed by atoms with Crippen molar-refractivity contribution in [2.24, 2.45) is 11.7 Å². The van der Waals surface area contributed by atoms with Crippen molar-refractivity contribution < 1.29 is 14.3 Å². The molecular formula is C25H32N6O3. The van der Waals surface area contributed by atoms with E-state index in [-0.39, 0.29) is 17.9 Å². The summed E-state index contributed by atoms with van der Waals surface area (Å²) in [7, 11) is 3.26. The third-order valence-electron chi connectivity index (χ3n) is 6.55. The highest BCUT2D eigenvalue weighted by Crippen LogP contribution is 2.32. The minimum Gasteiger partial charge on any atom is -0.493 e. The first-order valence-electron chi connectivity index (χ1n) is 11.6. The van der Waals surface area contributed by atoms with Gasteiger partial charge in [0.2, 0.25) is 5.91 Å². The molecular weight excluding hydrogens is 432 g/mol. The first-order valence-corrected chi connectivity index (χ1v) is 11.6. The van der Waals surface area contributed by atoms with Crippen LogP contribution in [0.1, 0.15) is 41.4 Å². The third-order valence-corrected chi connectivity index (χ3v) is 6.55. The lowest BCUT2D eigenvalue weighted by atomic mass is 9.93. The monoisotopic (exact) mass is 464 g/mol. The Hall–Kier alpha value is -3.46. The van der Waals surface area contributed by atoms with Crippen LogP contribution in [0.2, 0.25) is 0 Å². The van der Waals surface area contributed by atoms with Gasteiger partial charge in [-0.15, -0.1) is 5.10 Å². The molecule has 0 saturated carbocycles. The van der Waals surface area contributed by atoms with Gasteiger partial charge in [-0.1, -0.05) is 35.9 Å². The number of nitrogens with two attached hydrogens (primary N) is 1. The summed E-state index contributed by atoms with van der Waals surface area (Å²) >= 11 is 0. The molecule has 0 bridgehead atoms. The van der Waals surface area contributed by atoms with Gasteiger partial charge < -0.3 is 15.2 Å². The molecule has 2 aromatic carbocycles. The molecule has 0 aliphatic carbocycles. The maximum Gasteiger partial charge on any atom is 0.220 e. The number of likely N-dealkylation sites (tertiary alicyclic amines) is 1. The Morgan fingerprint density at radius 3 is 2.44 bits per heavy atom. The van der Waals surface area contributed by atoms with Gasteiger partial charge in [-0.25, -0.2) is 4.68 Å². The second kappa shape index (κ2) is 10.6. The predicted molar refractivity (Wildman–Crippen MR) is 128 cm³/mol. The van der Waals surface area contributed by atoms with Crippen LogP contribution in [-0.2, 0) is 17.8 Å². The summed E-state index contributed by atoms with van der Waals surface area (Å²) < 4.78 is 12.7. The molecule has 1 aliphatic rings. The van der Waals surface area contributed by atoms with E-state index in [9.17, 15) is 4.79 Å². The number of methoxy groups -OCH3 is 2. The van der Waals surface area contributed by atoms with Crippen molar-refractivity contribution >= 4 is 5.91 Å². The van der Waals surface area contributed by atoms with Crippen LogP contribution in [0.25, 0.3) is 0 Å². The van der Waals surface area contributed by atoms with Crippen molar-refractivity contribution in [3.8, 4) is 11.5 Å². The zero-order valence-electron chi connectivity index (χ0n) is 20.0. The zero-order chi connectivity index (χ0) is 24.1. The Morgan fingerprint density at radius 1 is 1.09 bits per heavy atom. The van der Waals surface area contributed by atoms with Crippen molar-refractivity contribution in [2.75, 3.05) is 27.3 Å². The van der Waals surface area contributed by atoms with Crippen molar-refractivity contribution in [3.05, 3.63) is 65.0 Å². The van der Waals surface area contributed by atoms with Crippen LogP contribution in [-0.4, -0.2) is 58.3 Å². The molecule has 4 rings (SSSR count). The lowest BCUT2D eigenvalue weighted by Gasteiger charge is -2.36. The van der Waals surface area contributed by atoms with E-state index in [1.165, 1.54) is 5.56 Å². The number of primary amides is 1. The largest absolute Gasteiger partial charge is 0.493 e. The fraction of sp³-hybridized carbons (Fsp3) is 0.440. The van der Waals surface area contributed by atoms with Crippen LogP contribution in [0.15, 0.2) is 42.5 Å². The molecule has 0 radical (unpaired) electrons. The number of aromatic nitrogens is 4. The number of carbonyl (C=O) groups excluding carboxylic acids is 1. The van der Waals surface area contributed by atoms with Crippen LogP contribution < -0.4 is 15.2 Å². The van der Waals surface area contributed by atoms with Crippen molar-refractivity contribution in [2.45, 2.75) is 38.8 Å². The average Bonchev–Trinajstić information content (AvgIpc) is 3.32. The van der Waals surface area contributed by atoms with Crippen molar-refractivity contribution in [1.82, 2.24) is 25.1 Å². The van der Waals surface area contributed by atoms with Gasteiger partial charge in [-0.05, 0) is 73.0 Å². The Morgan fingerprint density at radius 2 is 1.79 bits per heavy atom. The summed E-state index contributed by atoms with van der Waals surface area (Å²) in [6.45, 7) is 4.21. The summed E-state index contributed by atoms with van der Waals surface area (Å²) in [4.78, 5) is 14.0. The van der Waals surface area contributed by atoms with Gasteiger partial charge in [-0.2, -0.15) is 0 Å². The Bertz CT molecular complexity index is 1110. The molecule has 1 amide bonds. The Balaban J connectivity index is 1.58. The fourth-order valence-electron chi connectivity index (χ4n) is 4.55. The smallest absolute Gasteiger partial charge is 0.220 e. The molecule has 2 N–H and O–H groups in total. The molecule has 9 heteroatoms. The summed E-state index contributed by atoms with van der Waals surface area (Å²) in [5, 5.41) is 12.8. The van der Waals surface area contributed by atoms with Crippen LogP contribution in [0.3, 0.4) is 0 Å². The van der Waals surface area contributed by atoms with E-state index in [1.807, 2.05) is 22.9 Å². The molecule has 9 nitrogen and oxygen atoms in total. The molecule has 0 unspecified atom stereocenters. The van der Waals surface area contributed by atoms with E-state index < -0.39 is 0 Å². The summed E-state index contributed by atoms with van der Waals surface area (Å²) in [6.07, 6.45) is 2.22. The summed E-state index contributed by atoms with van der Waals surface area (Å²) in [6, 6.07) is 14.3. The molecule has 34 heavy (non-hydrogen) atoms. The number of carbonyl (C=O) groups is 1. The SMILES string of the molecule is COc1ccc(CCn2nnnc2[C@@H](c2ccc(C)cc2)N2CCC(C(N)=O)CC2)cc1OC. The number of tetrazole rings is 1. The highest BCUT2D eigenvalue weighted by molar-refractivity contribution is 5.76. The number of ether oxygens (including phenoxy) is 2. The molecule has 1 fully saturated rings. The summed E-state index contributed by atoms with van der Waals surface area (Å²) in [5.74, 6) is 1.91. The van der Waals surface area contributed by atoms with Crippen molar-refractivity contribution in [1.29, 1.82) is 0 Å². The number of benzene rings is 2. The van der Waals surface area contributed by atoms with E-state index in [2.05, 4.69) is 51.6 Å². The molecule has 0 spiro atoms. The topological polar surface area (TPSA) is 108 Å². The third kappa shape index (κ3) is 5.20. The Kier molecular flexibility index (Phi) is 7.42. The second-order valence-corrected chi connectivity index (χ2v) is 8.73. The first-order chi connectivity index (χ1) is 16.5. The van der Waals surface area contributed by atoms with Gasteiger partial charge in [0.15, 0.2) is 17.3 Å². The van der Waals surface area contributed by atoms with E-state index in [0.29, 0.717) is 18.0 Å². The van der Waals surface area contributed by atoms with Crippen LogP contribution in [0.5, 0.6) is 11.5 Å². The maximum absolute atomic E-state index is 11.7. The van der Waals surface area contributed by atoms with Crippen LogP contribution >= 0.6 is 0 Å². The van der Waals surface area contributed by atoms with Gasteiger partial charge >= 0.3 is 0 Å². The average molecular weight is 465 g/mol. The first kappa shape index (κ1) is 23.7. The highest BCUT2D eigenvalue weighted by Gasteiger charge is 2.32. The fourth-order valence-corrected chi connectivity index (χ4v) is 4.55. The van der Waals surface area contributed by atoms with Crippen molar-refractivity contribution in [3.63, 3.8) is 0 Å². The molecule has 1 atom stereocenters. The van der Waals surface area contributed by atoms with Crippen LogP contribution in [0, 0.1) is 12.8 Å². The predicted octanol–water partition coefficient (Wildman–Crippen LogP) is 2.53. The standard InChI is InChI=1S/C25H32N6O3/c1-17-4-7-19(8-5-17)23(30-13-11-20(12-14-30)24(26)32)25-27-28-29-31(25)15-10-18-6-9-21(33-2)22(16-18)34-3/h4-9,16,20,23H,10-15H2,1-3H3,(H2,26,32)/t23-/m1/s1. The van der Waals surface area contributed by atoms with E-state index in [1.54, 1.807) is 14.2 Å². The van der Waals surface area contributed by atoms with E-state index in [4.69, 9.17) is 15.2 Å². The molecule has 3 aromatic rings. The van der Waals surface area contributed by atoms with Crippen LogP contribution in [0.4, 0.5) is 0 Å². The number of amides is 1. The van der Waals surface area contributed by atoms with Gasteiger partial charge in [0.1, 0.15) is 0 Å². The zero-order valence-corrected chi connectivity index (χ0v) is 20.0. The summed E-state index contributed by atoms with van der Waals surface area (Å²) in [5.41, 5.74) is 8.99. The van der Waals surface area contributed by atoms with Gasteiger partial charge in [-0.3, -0.25) is 9.69 Å². The highest BCUT2D eigenvalue weighted by atomic mass is 16.5. The quantitative estimate of drug-likeness (QED) is 0.518. The van der Waals surface area contributed by atoms with E-state index >= 15 is 0 Å². The minimum absolute atomic E-state index is 0.0732. The number of hydrogen-bond donors (Lipinski definition) is 1. The molecule has 1 aliphatic heterocycles. The van der Waals surface area contributed by atoms with Gasteiger partial charge in [0, 0.05) is 12.5 Å². The normalized spacial score (nSPS) is 15.7. The molecule has 1 aromatic heterocycles. The molecule has 1 saturated heterocycles. The lowest BCUT2D eigenvalue weighted by Crippen LogP contribution is -2.41. The maximum atomic E-state index is 11.7. The van der Waals surface area contributed by atoms with Gasteiger partial charge in [0.25, 0.3) is 0 Å². The Labute approximate surface area is 199 Å². The minimum atomic E-state index is -0.216. The number of aryl methyl sites for hydroxylation is 3. The number of rotatable bonds is 9. The molecule has 180 valence electrons.